The Morgan fingerprint density at radius 1 is 1.03 bits per heavy atom. The van der Waals surface area contributed by atoms with Crippen molar-refractivity contribution in [3.05, 3.63) is 86.8 Å². The van der Waals surface area contributed by atoms with Gasteiger partial charge in [0.15, 0.2) is 0 Å². The summed E-state index contributed by atoms with van der Waals surface area (Å²) in [5.41, 5.74) is 1.71. The Morgan fingerprint density at radius 2 is 1.72 bits per heavy atom. The third kappa shape index (κ3) is 4.57. The van der Waals surface area contributed by atoms with Gasteiger partial charge in [-0.1, -0.05) is 42.5 Å². The van der Waals surface area contributed by atoms with E-state index in [9.17, 15) is 4.79 Å². The molecule has 0 aliphatic heterocycles. The number of benzene rings is 2. The first-order valence-electron chi connectivity index (χ1n) is 9.76. The molecule has 3 aromatic rings. The number of nitrogens with zero attached hydrogens (tertiary/aromatic N) is 2. The van der Waals surface area contributed by atoms with Crippen LogP contribution in [0.3, 0.4) is 0 Å². The second-order valence-corrected chi connectivity index (χ2v) is 7.28. The van der Waals surface area contributed by atoms with Crippen LogP contribution in [0.25, 0.3) is 12.2 Å². The molecule has 4 rings (SSSR count). The molecule has 0 amide bonds. The van der Waals surface area contributed by atoms with Crippen LogP contribution in [0.4, 0.5) is 0 Å². The minimum atomic E-state index is -0.165. The number of rotatable bonds is 6. The number of ether oxygens (including phenoxy) is 2. The van der Waals surface area contributed by atoms with Crippen molar-refractivity contribution in [1.82, 2.24) is 9.55 Å². The van der Waals surface area contributed by atoms with Gasteiger partial charge in [-0.05, 0) is 54.2 Å². The van der Waals surface area contributed by atoms with Crippen molar-refractivity contribution in [2.75, 3.05) is 13.7 Å². The molecule has 0 radical (unpaired) electrons. The number of hydrogen-bond donors (Lipinski definition) is 0. The highest BCUT2D eigenvalue weighted by molar-refractivity contribution is 5.51. The monoisotopic (exact) mass is 388 g/mol. The van der Waals surface area contributed by atoms with E-state index < -0.39 is 0 Å². The quantitative estimate of drug-likeness (QED) is 0.650. The summed E-state index contributed by atoms with van der Waals surface area (Å²) in [7, 11) is 3.38. The summed E-state index contributed by atoms with van der Waals surface area (Å²) >= 11 is 0. The normalized spacial score (nSPS) is 14.8. The summed E-state index contributed by atoms with van der Waals surface area (Å²) in [6.45, 7) is 0.628. The van der Waals surface area contributed by atoms with Gasteiger partial charge in [0.25, 0.3) is 5.56 Å². The van der Waals surface area contributed by atoms with Gasteiger partial charge in [0, 0.05) is 7.05 Å². The zero-order valence-corrected chi connectivity index (χ0v) is 16.7. The van der Waals surface area contributed by atoms with E-state index in [2.05, 4.69) is 4.98 Å². The summed E-state index contributed by atoms with van der Waals surface area (Å²) in [6, 6.07) is 17.4. The van der Waals surface area contributed by atoms with E-state index in [4.69, 9.17) is 9.47 Å². The molecule has 0 unspecified atom stereocenters. The number of aromatic nitrogens is 2. The van der Waals surface area contributed by atoms with E-state index in [0.717, 1.165) is 16.9 Å². The first-order chi connectivity index (χ1) is 14.1. The highest BCUT2D eigenvalue weighted by atomic mass is 16.5. The second kappa shape index (κ2) is 8.35. The van der Waals surface area contributed by atoms with Crippen molar-refractivity contribution in [3.63, 3.8) is 0 Å². The molecule has 1 fully saturated rings. The van der Waals surface area contributed by atoms with Crippen molar-refractivity contribution < 1.29 is 9.47 Å². The molecule has 29 heavy (non-hydrogen) atoms. The fourth-order valence-electron chi connectivity index (χ4n) is 3.04. The minimum Gasteiger partial charge on any atom is -0.497 e. The second-order valence-electron chi connectivity index (χ2n) is 7.28. The third-order valence-electron chi connectivity index (χ3n) is 5.00. The van der Waals surface area contributed by atoms with Crippen LogP contribution in [0.15, 0.2) is 59.4 Å². The summed E-state index contributed by atoms with van der Waals surface area (Å²) in [4.78, 5) is 17.6. The van der Waals surface area contributed by atoms with Crippen LogP contribution in [0.1, 0.15) is 24.0 Å². The maximum absolute atomic E-state index is 13.0. The lowest BCUT2D eigenvalue weighted by Crippen LogP contribution is -2.44. The van der Waals surface area contributed by atoms with Crippen molar-refractivity contribution >= 4 is 12.2 Å². The predicted molar refractivity (Wildman–Crippen MR) is 114 cm³/mol. The highest BCUT2D eigenvalue weighted by Gasteiger charge is 2.22. The van der Waals surface area contributed by atoms with Crippen LogP contribution in [-0.2, 0) is 7.05 Å². The third-order valence-corrected chi connectivity index (χ3v) is 5.00. The molecule has 1 aliphatic rings. The lowest BCUT2D eigenvalue weighted by Gasteiger charge is -2.09. The Hall–Kier alpha value is -3.34. The smallest absolute Gasteiger partial charge is 0.276 e. The van der Waals surface area contributed by atoms with Gasteiger partial charge < -0.3 is 14.0 Å². The average molecular weight is 388 g/mol. The van der Waals surface area contributed by atoms with Gasteiger partial charge in [-0.25, -0.2) is 4.98 Å². The predicted octanol–water partition coefficient (Wildman–Crippen LogP) is 2.24. The van der Waals surface area contributed by atoms with Crippen LogP contribution in [0.5, 0.6) is 11.6 Å². The van der Waals surface area contributed by atoms with E-state index in [1.807, 2.05) is 60.7 Å². The Bertz CT molecular complexity index is 1160. The molecule has 1 aromatic heterocycles. The maximum Gasteiger partial charge on any atom is 0.276 e. The van der Waals surface area contributed by atoms with Crippen molar-refractivity contribution in [1.29, 1.82) is 0 Å². The minimum absolute atomic E-state index is 0.165. The zero-order chi connectivity index (χ0) is 20.2. The maximum atomic E-state index is 13.0. The van der Waals surface area contributed by atoms with Gasteiger partial charge in [0.2, 0.25) is 5.88 Å². The fourth-order valence-corrected chi connectivity index (χ4v) is 3.04. The molecule has 5 nitrogen and oxygen atoms in total. The van der Waals surface area contributed by atoms with Gasteiger partial charge >= 0.3 is 0 Å². The van der Waals surface area contributed by atoms with Gasteiger partial charge in [0.1, 0.15) is 16.4 Å². The van der Waals surface area contributed by atoms with Crippen molar-refractivity contribution in [2.45, 2.75) is 12.8 Å². The van der Waals surface area contributed by atoms with Crippen LogP contribution in [-0.4, -0.2) is 23.3 Å². The van der Waals surface area contributed by atoms with E-state index in [1.165, 1.54) is 12.8 Å². The van der Waals surface area contributed by atoms with Crippen LogP contribution < -0.4 is 25.7 Å². The van der Waals surface area contributed by atoms with Crippen molar-refractivity contribution in [2.24, 2.45) is 13.0 Å². The molecule has 1 heterocycles. The first-order valence-corrected chi connectivity index (χ1v) is 9.76. The van der Waals surface area contributed by atoms with Gasteiger partial charge in [-0.2, -0.15) is 0 Å². The Labute approximate surface area is 169 Å². The average Bonchev–Trinajstić information content (AvgIpc) is 3.58. The summed E-state index contributed by atoms with van der Waals surface area (Å²) in [5.74, 6) is 1.85. The molecular weight excluding hydrogens is 364 g/mol. The van der Waals surface area contributed by atoms with Gasteiger partial charge in [0.05, 0.1) is 13.7 Å². The zero-order valence-electron chi connectivity index (χ0n) is 16.7. The molecule has 1 saturated carbocycles. The summed E-state index contributed by atoms with van der Waals surface area (Å²) < 4.78 is 12.8. The van der Waals surface area contributed by atoms with E-state index in [1.54, 1.807) is 24.8 Å². The van der Waals surface area contributed by atoms with Crippen LogP contribution in [0, 0.1) is 5.92 Å². The molecular formula is C24H24N2O3. The van der Waals surface area contributed by atoms with E-state index in [-0.39, 0.29) is 5.56 Å². The van der Waals surface area contributed by atoms with Gasteiger partial charge in [-0.15, -0.1) is 0 Å². The molecule has 1 aliphatic carbocycles. The summed E-state index contributed by atoms with van der Waals surface area (Å²) in [5, 5.41) is 1.03. The molecule has 5 heteroatoms. The molecule has 2 aromatic carbocycles. The molecule has 148 valence electrons. The van der Waals surface area contributed by atoms with Crippen LogP contribution >= 0.6 is 0 Å². The molecule has 0 atom stereocenters. The Kier molecular flexibility index (Phi) is 5.47. The summed E-state index contributed by atoms with van der Waals surface area (Å²) in [6.07, 6.45) is 6.09. The van der Waals surface area contributed by atoms with Crippen molar-refractivity contribution in [3.8, 4) is 11.6 Å². The fraction of sp³-hybridized carbons (Fsp3) is 0.250. The van der Waals surface area contributed by atoms with Crippen LogP contribution in [0.2, 0.25) is 0 Å². The molecule has 0 spiro atoms. The number of methoxy groups -OCH3 is 1. The van der Waals surface area contributed by atoms with Gasteiger partial charge in [-0.3, -0.25) is 4.79 Å². The highest BCUT2D eigenvalue weighted by Crippen LogP contribution is 2.28. The molecule has 0 bridgehead atoms. The SMILES string of the molecule is COc1ccc(C=c2nc(OCC3CC3)c(=Cc3ccccc3)n(C)c2=O)cc1. The van der Waals surface area contributed by atoms with E-state index >= 15 is 0 Å². The first kappa shape index (κ1) is 19.0. The lowest BCUT2D eigenvalue weighted by molar-refractivity contribution is 0.281. The standard InChI is InChI=1S/C24H24N2O3/c1-26-22(15-17-6-4-3-5-7-17)23(29-16-19-8-9-19)25-21(24(26)27)14-18-10-12-20(28-2)13-11-18/h3-7,10-15,19H,8-9,16H2,1-2H3. The molecule has 0 saturated heterocycles. The Balaban J connectivity index is 1.83. The lowest BCUT2D eigenvalue weighted by atomic mass is 10.2. The Morgan fingerprint density at radius 3 is 2.38 bits per heavy atom. The molecule has 0 N–H and O–H groups in total. The number of hydrogen-bond acceptors (Lipinski definition) is 4. The van der Waals surface area contributed by atoms with E-state index in [0.29, 0.717) is 29.1 Å². The largest absolute Gasteiger partial charge is 0.497 e. The topological polar surface area (TPSA) is 53.4 Å².